The van der Waals surface area contributed by atoms with E-state index in [-0.39, 0.29) is 31.8 Å². The molecule has 12 nitrogen and oxygen atoms in total. The quantitative estimate of drug-likeness (QED) is 0.123. The van der Waals surface area contributed by atoms with E-state index in [4.69, 9.17) is 38.4 Å². The van der Waals surface area contributed by atoms with Crippen LogP contribution in [0, 0.1) is 10.1 Å². The van der Waals surface area contributed by atoms with Crippen LogP contribution in [0.5, 0.6) is 11.5 Å². The van der Waals surface area contributed by atoms with Crippen molar-refractivity contribution >= 4 is 58.0 Å². The summed E-state index contributed by atoms with van der Waals surface area (Å²) in [6, 6.07) is 15.1. The summed E-state index contributed by atoms with van der Waals surface area (Å²) in [5.41, 5.74) is 6.03. The molecule has 2 amide bonds. The van der Waals surface area contributed by atoms with Crippen molar-refractivity contribution in [3.8, 4) is 11.5 Å². The van der Waals surface area contributed by atoms with E-state index in [0.717, 1.165) is 0 Å². The number of amides is 2. The Balaban J connectivity index is 0.000000403. The number of nitrogen functional groups attached to an aromatic ring is 1. The zero-order valence-electron chi connectivity index (χ0n) is 21.1. The number of methoxy groups -OCH3 is 2. The molecule has 4 aromatic rings. The molecule has 0 bridgehead atoms. The van der Waals surface area contributed by atoms with E-state index < -0.39 is 10.8 Å². The molecule has 0 fully saturated rings. The van der Waals surface area contributed by atoms with E-state index in [0.29, 0.717) is 38.6 Å². The number of anilines is 3. The summed E-state index contributed by atoms with van der Waals surface area (Å²) in [6.07, 6.45) is 2.81. The second-order valence-electron chi connectivity index (χ2n) is 7.72. The fourth-order valence-corrected chi connectivity index (χ4v) is 3.33. The zero-order valence-corrected chi connectivity index (χ0v) is 22.6. The van der Waals surface area contributed by atoms with Gasteiger partial charge in [0.15, 0.2) is 0 Å². The number of halogens is 2. The zero-order chi connectivity index (χ0) is 29.2. The first-order valence-electron chi connectivity index (χ1n) is 11.2. The fourth-order valence-electron chi connectivity index (χ4n) is 3.11. The Morgan fingerprint density at radius 1 is 0.829 bits per heavy atom. The normalized spacial score (nSPS) is 9.76. The number of ether oxygens (including phenoxy) is 2. The van der Waals surface area contributed by atoms with Gasteiger partial charge in [0.2, 0.25) is 0 Å². The average molecular weight is 604 g/mol. The topological polar surface area (TPSA) is 172 Å². The maximum atomic E-state index is 12.1. The molecule has 4 N–H and O–H groups in total. The molecular weight excluding hydrogens is 575 g/mol. The summed E-state index contributed by atoms with van der Waals surface area (Å²) in [5, 5.41) is 17.0. The molecule has 0 aliphatic carbocycles. The summed E-state index contributed by atoms with van der Waals surface area (Å²) in [4.78, 5) is 42.4. The Kier molecular flexibility index (Phi) is 11.8. The molecule has 0 unspecified atom stereocenters. The number of nitrogens with one attached hydrogen (secondary N) is 2. The van der Waals surface area contributed by atoms with Crippen molar-refractivity contribution in [2.24, 2.45) is 0 Å². The molecule has 0 saturated heterocycles. The molecule has 14 heteroatoms. The highest BCUT2D eigenvalue weighted by Gasteiger charge is 2.21. The third-order valence-corrected chi connectivity index (χ3v) is 5.54. The van der Waals surface area contributed by atoms with Crippen molar-refractivity contribution < 1.29 is 25.4 Å². The molecular formula is C27H28Cl2N6O6. The van der Waals surface area contributed by atoms with Gasteiger partial charge < -0.3 is 25.8 Å². The number of carbonyl (C=O) groups excluding carboxylic acids is 2. The van der Waals surface area contributed by atoms with Crippen LogP contribution in [0.2, 0.25) is 10.0 Å². The standard InChI is InChI=1S/C13H10ClN3O4.C13H12ClN3O2.CH4.H2/c1-21-9-3-4-11(17(19)20)10(6-9)13(18)16-12-5-2-8(14)7-15-12;1-19-9-3-4-11(15)10(6-9)13(18)17-12-5-2-8(14)7-16-12;;/h2-7H,1H3,(H,15,16,18);2-7H,15H2,1H3,(H,16,17,18);1H4;1H/i;;;1+1. The number of carbonyl (C=O) groups is 2. The first-order chi connectivity index (χ1) is 19.1. The van der Waals surface area contributed by atoms with Crippen LogP contribution in [0.15, 0.2) is 73.1 Å². The Morgan fingerprint density at radius 3 is 1.73 bits per heavy atom. The third kappa shape index (κ3) is 9.05. The van der Waals surface area contributed by atoms with Gasteiger partial charge in [-0.15, -0.1) is 0 Å². The number of nitrogens with zero attached hydrogens (tertiary/aromatic N) is 3. The van der Waals surface area contributed by atoms with Crippen molar-refractivity contribution in [3.05, 3.63) is 104 Å². The van der Waals surface area contributed by atoms with Gasteiger partial charge in [0.1, 0.15) is 28.7 Å². The highest BCUT2D eigenvalue weighted by molar-refractivity contribution is 6.30. The van der Waals surface area contributed by atoms with E-state index in [9.17, 15) is 19.7 Å². The van der Waals surface area contributed by atoms with Gasteiger partial charge in [-0.2, -0.15) is 0 Å². The number of nitro groups is 1. The molecule has 0 aliphatic rings. The number of nitro benzene ring substituents is 1. The smallest absolute Gasteiger partial charge is 0.282 e. The molecule has 2 aromatic carbocycles. The van der Waals surface area contributed by atoms with Gasteiger partial charge in [-0.05, 0) is 54.6 Å². The minimum absolute atomic E-state index is 0. The lowest BCUT2D eigenvalue weighted by Crippen LogP contribution is -2.15. The second kappa shape index (κ2) is 15.0. The van der Waals surface area contributed by atoms with Crippen molar-refractivity contribution in [2.45, 2.75) is 7.43 Å². The Morgan fingerprint density at radius 2 is 1.29 bits per heavy atom. The summed E-state index contributed by atoms with van der Waals surface area (Å²) in [6.45, 7) is 0. The Hall–Kier alpha value is -4.94. The van der Waals surface area contributed by atoms with Crippen molar-refractivity contribution in [2.75, 3.05) is 30.6 Å². The van der Waals surface area contributed by atoms with Gasteiger partial charge in [-0.25, -0.2) is 9.97 Å². The molecule has 0 saturated carbocycles. The largest absolute Gasteiger partial charge is 0.497 e. The first-order valence-corrected chi connectivity index (χ1v) is 12.0. The van der Waals surface area contributed by atoms with Gasteiger partial charge >= 0.3 is 0 Å². The van der Waals surface area contributed by atoms with Gasteiger partial charge in [0, 0.05) is 25.6 Å². The number of pyridine rings is 2. The molecule has 216 valence electrons. The maximum Gasteiger partial charge on any atom is 0.282 e. The molecule has 0 radical (unpaired) electrons. The van der Waals surface area contributed by atoms with Crippen LogP contribution in [0.3, 0.4) is 0 Å². The summed E-state index contributed by atoms with van der Waals surface area (Å²) >= 11 is 11.4. The number of hydrogen-bond donors (Lipinski definition) is 3. The highest BCUT2D eigenvalue weighted by atomic mass is 35.5. The molecule has 2 aromatic heterocycles. The van der Waals surface area contributed by atoms with E-state index in [1.807, 2.05) is 0 Å². The van der Waals surface area contributed by atoms with Crippen molar-refractivity contribution in [1.29, 1.82) is 0 Å². The van der Waals surface area contributed by atoms with Crippen LogP contribution in [0.4, 0.5) is 23.0 Å². The lowest BCUT2D eigenvalue weighted by molar-refractivity contribution is -0.385. The SMILES string of the molecule is C.COc1ccc(N)c(C(=O)Nc2ccc(Cl)cn2)c1.COc1ccc([N+](=O)[O-])c(C(=O)Nc2ccc(Cl)cn2)c1.[2HH]. The molecule has 0 atom stereocenters. The molecule has 4 rings (SSSR count). The lowest BCUT2D eigenvalue weighted by atomic mass is 10.1. The summed E-state index contributed by atoms with van der Waals surface area (Å²) < 4.78 is 10.0. The van der Waals surface area contributed by atoms with Crippen LogP contribution in [-0.4, -0.2) is 40.9 Å². The number of hydrogen-bond acceptors (Lipinski definition) is 9. The van der Waals surface area contributed by atoms with E-state index >= 15 is 0 Å². The van der Waals surface area contributed by atoms with E-state index in [1.165, 1.54) is 50.9 Å². The molecule has 0 aliphatic heterocycles. The predicted octanol–water partition coefficient (Wildman–Crippen LogP) is 6.36. The van der Waals surface area contributed by atoms with Crippen LogP contribution in [0.25, 0.3) is 0 Å². The predicted molar refractivity (Wildman–Crippen MR) is 160 cm³/mol. The number of rotatable bonds is 7. The first kappa shape index (κ1) is 32.3. The molecule has 2 heterocycles. The van der Waals surface area contributed by atoms with Crippen LogP contribution >= 0.6 is 23.2 Å². The Labute approximate surface area is 247 Å². The molecule has 41 heavy (non-hydrogen) atoms. The van der Waals surface area contributed by atoms with Gasteiger partial charge in [0.05, 0.1) is 34.8 Å². The second-order valence-corrected chi connectivity index (χ2v) is 8.60. The minimum Gasteiger partial charge on any atom is -0.497 e. The minimum atomic E-state index is -0.657. The monoisotopic (exact) mass is 603 g/mol. The maximum absolute atomic E-state index is 12.1. The third-order valence-electron chi connectivity index (χ3n) is 5.09. The van der Waals surface area contributed by atoms with Gasteiger partial charge in [-0.3, -0.25) is 19.7 Å². The summed E-state index contributed by atoms with van der Waals surface area (Å²) in [7, 11) is 2.93. The van der Waals surface area contributed by atoms with Crippen LogP contribution in [-0.2, 0) is 0 Å². The lowest BCUT2D eigenvalue weighted by Gasteiger charge is -2.08. The Bertz CT molecular complexity index is 1530. The number of benzene rings is 2. The van der Waals surface area contributed by atoms with Crippen molar-refractivity contribution in [3.63, 3.8) is 0 Å². The average Bonchev–Trinajstić information content (AvgIpc) is 2.95. The van der Waals surface area contributed by atoms with Crippen LogP contribution in [0.1, 0.15) is 29.6 Å². The van der Waals surface area contributed by atoms with Gasteiger partial charge in [0.25, 0.3) is 17.5 Å². The number of aromatic nitrogens is 2. The van der Waals surface area contributed by atoms with Crippen molar-refractivity contribution in [1.82, 2.24) is 9.97 Å². The molecule has 0 spiro atoms. The van der Waals surface area contributed by atoms with Gasteiger partial charge in [-0.1, -0.05) is 30.6 Å². The van der Waals surface area contributed by atoms with E-state index in [1.54, 1.807) is 36.4 Å². The fraction of sp³-hybridized carbons (Fsp3) is 0.111. The number of nitrogens with two attached hydrogens (primary N) is 1. The summed E-state index contributed by atoms with van der Waals surface area (Å²) in [5.74, 6) is 0.526. The van der Waals surface area contributed by atoms with E-state index in [2.05, 4.69) is 20.6 Å². The van der Waals surface area contributed by atoms with Crippen LogP contribution < -0.4 is 25.8 Å². The highest BCUT2D eigenvalue weighted by Crippen LogP contribution is 2.25.